The van der Waals surface area contributed by atoms with Crippen LogP contribution in [0.5, 0.6) is 5.75 Å². The van der Waals surface area contributed by atoms with E-state index in [9.17, 15) is 0 Å². The van der Waals surface area contributed by atoms with Crippen LogP contribution in [0.3, 0.4) is 0 Å². The van der Waals surface area contributed by atoms with Crippen LogP contribution in [-0.4, -0.2) is 7.11 Å². The minimum Gasteiger partial charge on any atom is -0.497 e. The number of rotatable bonds is 3. The van der Waals surface area contributed by atoms with Crippen molar-refractivity contribution >= 4 is 43.1 Å². The molecule has 0 unspecified atom stereocenters. The Bertz CT molecular complexity index is 2440. The summed E-state index contributed by atoms with van der Waals surface area (Å²) in [6, 6.07) is 49.3. The van der Waals surface area contributed by atoms with Gasteiger partial charge in [0.25, 0.3) is 0 Å². The minimum absolute atomic E-state index is 0.894. The van der Waals surface area contributed by atoms with Gasteiger partial charge in [0.05, 0.1) is 7.11 Å². The Hall–Kier alpha value is -5.40. The smallest absolute Gasteiger partial charge is 0.119 e. The quantitative estimate of drug-likeness (QED) is 0.200. The fraction of sp³-hybridized carbons (Fsp3) is 0.0476. The first-order chi connectivity index (χ1) is 21.2. The van der Waals surface area contributed by atoms with Crippen molar-refractivity contribution in [1.82, 2.24) is 0 Å². The largest absolute Gasteiger partial charge is 0.497 e. The third-order valence-corrected chi connectivity index (χ3v) is 9.27. The number of hydrogen-bond acceptors (Lipinski definition) is 1. The van der Waals surface area contributed by atoms with Gasteiger partial charge in [0.15, 0.2) is 0 Å². The van der Waals surface area contributed by atoms with E-state index in [2.05, 4.69) is 140 Å². The van der Waals surface area contributed by atoms with E-state index in [1.165, 1.54) is 93.2 Å². The van der Waals surface area contributed by atoms with Crippen molar-refractivity contribution in [2.75, 3.05) is 7.11 Å². The number of hydrogen-bond donors (Lipinski definition) is 0. The molecular weight excluding hydrogens is 520 g/mol. The standard InChI is InChI=1S/C42H28O/c1-25-19-30(22-31(20-25)34-10-5-8-26-7-3-4-9-33(26)34)27-15-17-35-28(21-27)13-14-29-23-40-39-24-32(43-2)16-18-36(39)37-11-6-12-38(41(29)35)42(37)40/h3-24H,1-2H3. The minimum atomic E-state index is 0.894. The molecule has 0 atom stereocenters. The summed E-state index contributed by atoms with van der Waals surface area (Å²) < 4.78 is 5.59. The summed E-state index contributed by atoms with van der Waals surface area (Å²) in [4.78, 5) is 0. The lowest BCUT2D eigenvalue weighted by atomic mass is 9.90. The monoisotopic (exact) mass is 548 g/mol. The Kier molecular flexibility index (Phi) is 5.10. The molecule has 0 aromatic heterocycles. The molecule has 9 rings (SSSR count). The van der Waals surface area contributed by atoms with Crippen LogP contribution in [0, 0.1) is 6.92 Å². The number of fused-ring (bicyclic) bond motifs is 8. The molecule has 1 nitrogen and oxygen atoms in total. The van der Waals surface area contributed by atoms with Crippen LogP contribution in [0.1, 0.15) is 5.56 Å². The summed E-state index contributed by atoms with van der Waals surface area (Å²) in [7, 11) is 1.74. The molecule has 0 spiro atoms. The van der Waals surface area contributed by atoms with E-state index in [4.69, 9.17) is 4.74 Å². The van der Waals surface area contributed by atoms with Gasteiger partial charge in [-0.2, -0.15) is 0 Å². The van der Waals surface area contributed by atoms with Gasteiger partial charge in [0.2, 0.25) is 0 Å². The average Bonchev–Trinajstić information content (AvgIpc) is 3.37. The van der Waals surface area contributed by atoms with Crippen molar-refractivity contribution in [1.29, 1.82) is 0 Å². The molecule has 43 heavy (non-hydrogen) atoms. The van der Waals surface area contributed by atoms with E-state index in [1.807, 2.05) is 0 Å². The first-order valence-corrected chi connectivity index (χ1v) is 14.9. The summed E-state index contributed by atoms with van der Waals surface area (Å²) in [6.45, 7) is 2.20. The molecule has 1 aliphatic rings. The van der Waals surface area contributed by atoms with E-state index in [1.54, 1.807) is 7.11 Å². The lowest BCUT2D eigenvalue weighted by Gasteiger charge is -2.13. The topological polar surface area (TPSA) is 9.23 Å². The van der Waals surface area contributed by atoms with Crippen molar-refractivity contribution in [2.45, 2.75) is 6.92 Å². The Balaban J connectivity index is 1.23. The second-order valence-electron chi connectivity index (χ2n) is 11.8. The molecule has 1 heteroatoms. The lowest BCUT2D eigenvalue weighted by molar-refractivity contribution is 0.415. The van der Waals surface area contributed by atoms with Crippen molar-refractivity contribution in [3.05, 3.63) is 139 Å². The fourth-order valence-corrected chi connectivity index (χ4v) is 7.35. The van der Waals surface area contributed by atoms with Crippen LogP contribution in [-0.2, 0) is 0 Å². The Morgan fingerprint density at radius 1 is 0.395 bits per heavy atom. The predicted molar refractivity (Wildman–Crippen MR) is 183 cm³/mol. The molecule has 1 aliphatic carbocycles. The zero-order valence-corrected chi connectivity index (χ0v) is 24.1. The van der Waals surface area contributed by atoms with Gasteiger partial charge >= 0.3 is 0 Å². The summed E-state index contributed by atoms with van der Waals surface area (Å²) in [5, 5.41) is 10.4. The molecule has 0 radical (unpaired) electrons. The Morgan fingerprint density at radius 2 is 1.19 bits per heavy atom. The van der Waals surface area contributed by atoms with Crippen molar-refractivity contribution < 1.29 is 4.74 Å². The average molecular weight is 549 g/mol. The normalized spacial score (nSPS) is 12.0. The number of benzene rings is 8. The zero-order chi connectivity index (χ0) is 28.7. The highest BCUT2D eigenvalue weighted by Gasteiger charge is 2.23. The second-order valence-corrected chi connectivity index (χ2v) is 11.8. The van der Waals surface area contributed by atoms with Crippen molar-refractivity contribution in [3.63, 3.8) is 0 Å². The number of methoxy groups -OCH3 is 1. The van der Waals surface area contributed by atoms with Gasteiger partial charge in [0, 0.05) is 0 Å². The van der Waals surface area contributed by atoms with E-state index in [0.29, 0.717) is 0 Å². The van der Waals surface area contributed by atoms with Gasteiger partial charge in [-0.1, -0.05) is 103 Å². The molecule has 0 saturated carbocycles. The van der Waals surface area contributed by atoms with Gasteiger partial charge in [0.1, 0.15) is 5.75 Å². The fourth-order valence-electron chi connectivity index (χ4n) is 7.35. The van der Waals surface area contributed by atoms with Crippen molar-refractivity contribution in [2.24, 2.45) is 0 Å². The maximum absolute atomic E-state index is 5.59. The highest BCUT2D eigenvalue weighted by atomic mass is 16.5. The first-order valence-electron chi connectivity index (χ1n) is 14.9. The third-order valence-electron chi connectivity index (χ3n) is 9.27. The lowest BCUT2D eigenvalue weighted by Crippen LogP contribution is -1.87. The zero-order valence-electron chi connectivity index (χ0n) is 24.1. The number of ether oxygens (including phenoxy) is 1. The molecule has 202 valence electrons. The number of aryl methyl sites for hydroxylation is 1. The van der Waals surface area contributed by atoms with E-state index in [0.717, 1.165) is 5.75 Å². The van der Waals surface area contributed by atoms with E-state index in [-0.39, 0.29) is 0 Å². The molecule has 8 aromatic rings. The van der Waals surface area contributed by atoms with E-state index < -0.39 is 0 Å². The molecular formula is C42H28O. The molecule has 0 N–H and O–H groups in total. The van der Waals surface area contributed by atoms with Crippen LogP contribution >= 0.6 is 0 Å². The summed E-state index contributed by atoms with van der Waals surface area (Å²) in [5.74, 6) is 0.894. The van der Waals surface area contributed by atoms with Crippen LogP contribution < -0.4 is 4.74 Å². The van der Waals surface area contributed by atoms with Crippen molar-refractivity contribution in [3.8, 4) is 50.3 Å². The molecule has 0 aliphatic heterocycles. The molecule has 0 saturated heterocycles. The van der Waals surface area contributed by atoms with Crippen LogP contribution in [0.4, 0.5) is 0 Å². The molecule has 0 bridgehead atoms. The van der Waals surface area contributed by atoms with Gasteiger partial charge in [-0.3, -0.25) is 0 Å². The predicted octanol–water partition coefficient (Wildman–Crippen LogP) is 11.6. The summed E-state index contributed by atoms with van der Waals surface area (Å²) >= 11 is 0. The molecule has 8 aromatic carbocycles. The second kappa shape index (κ2) is 9.05. The first kappa shape index (κ1) is 24.2. The maximum Gasteiger partial charge on any atom is 0.119 e. The highest BCUT2D eigenvalue weighted by Crippen LogP contribution is 2.51. The van der Waals surface area contributed by atoms with Crippen LogP contribution in [0.15, 0.2) is 133 Å². The molecule has 0 heterocycles. The highest BCUT2D eigenvalue weighted by molar-refractivity contribution is 6.28. The maximum atomic E-state index is 5.59. The van der Waals surface area contributed by atoms with Gasteiger partial charge in [-0.25, -0.2) is 0 Å². The summed E-state index contributed by atoms with van der Waals surface area (Å²) in [5.41, 5.74) is 11.4. The van der Waals surface area contributed by atoms with Crippen LogP contribution in [0.2, 0.25) is 0 Å². The molecule has 0 amide bonds. The third kappa shape index (κ3) is 3.58. The van der Waals surface area contributed by atoms with E-state index >= 15 is 0 Å². The molecule has 0 fully saturated rings. The Morgan fingerprint density at radius 3 is 2.12 bits per heavy atom. The van der Waals surface area contributed by atoms with Gasteiger partial charge in [-0.05, 0) is 130 Å². The Labute approximate surface area is 250 Å². The van der Waals surface area contributed by atoms with Gasteiger partial charge in [-0.15, -0.1) is 0 Å². The SMILES string of the molecule is COc1ccc2c(c1)-c1cc3ccc4cc(-c5cc(C)cc(-c6cccc7ccccc67)c5)ccc4c3c3cccc-2c13. The van der Waals surface area contributed by atoms with Gasteiger partial charge < -0.3 is 4.74 Å². The van der Waals surface area contributed by atoms with Crippen LogP contribution in [0.25, 0.3) is 87.6 Å². The summed E-state index contributed by atoms with van der Waals surface area (Å²) in [6.07, 6.45) is 0.